The van der Waals surface area contributed by atoms with Gasteiger partial charge in [0.05, 0.1) is 30.3 Å². The summed E-state index contributed by atoms with van der Waals surface area (Å²) in [5, 5.41) is 23.1. The fraction of sp³-hybridized carbons (Fsp3) is 0.471. The molecule has 2 saturated heterocycles. The maximum Gasteiger partial charge on any atom is 0.475 e. The third kappa shape index (κ3) is 2.83. The molecule has 0 saturated carbocycles. The fourth-order valence-electron chi connectivity index (χ4n) is 3.86. The van der Waals surface area contributed by atoms with E-state index in [0.29, 0.717) is 6.42 Å². The third-order valence-corrected chi connectivity index (χ3v) is 5.13. The molecule has 2 fully saturated rings. The fourth-order valence-corrected chi connectivity index (χ4v) is 3.86. The van der Waals surface area contributed by atoms with Gasteiger partial charge >= 0.3 is 7.12 Å². The van der Waals surface area contributed by atoms with E-state index in [2.05, 4.69) is 5.32 Å². The zero-order valence-electron chi connectivity index (χ0n) is 13.2. The van der Waals surface area contributed by atoms with Gasteiger partial charge in [0.2, 0.25) is 5.91 Å². The average molecular weight is 329 g/mol. The molecule has 0 radical (unpaired) electrons. The van der Waals surface area contributed by atoms with Crippen LogP contribution in [0.5, 0.6) is 0 Å². The van der Waals surface area contributed by atoms with Crippen LogP contribution in [0.15, 0.2) is 34.9 Å². The first-order chi connectivity index (χ1) is 11.6. The molecule has 3 N–H and O–H groups in total. The highest BCUT2D eigenvalue weighted by atomic mass is 16.5. The summed E-state index contributed by atoms with van der Waals surface area (Å²) < 4.78 is 11.2. The van der Waals surface area contributed by atoms with Gasteiger partial charge in [-0.1, -0.05) is 18.2 Å². The van der Waals surface area contributed by atoms with Crippen molar-refractivity contribution in [2.75, 3.05) is 0 Å². The summed E-state index contributed by atoms with van der Waals surface area (Å²) in [7, 11) is -1.64. The van der Waals surface area contributed by atoms with Gasteiger partial charge in [0.25, 0.3) is 0 Å². The maximum atomic E-state index is 12.5. The monoisotopic (exact) mass is 329 g/mol. The average Bonchev–Trinajstić information content (AvgIpc) is 3.29. The maximum absolute atomic E-state index is 12.5. The normalized spacial score (nSPS) is 26.7. The highest BCUT2D eigenvalue weighted by Gasteiger charge is 2.45. The second-order valence-corrected chi connectivity index (χ2v) is 6.71. The van der Waals surface area contributed by atoms with Crippen LogP contribution in [-0.2, 0) is 16.0 Å². The van der Waals surface area contributed by atoms with E-state index in [1.807, 2.05) is 24.3 Å². The Labute approximate surface area is 139 Å². The van der Waals surface area contributed by atoms with Crippen LogP contribution < -0.4 is 5.32 Å². The lowest BCUT2D eigenvalue weighted by Gasteiger charge is -2.23. The first-order valence-corrected chi connectivity index (χ1v) is 8.39. The van der Waals surface area contributed by atoms with Gasteiger partial charge in [-0.25, -0.2) is 0 Å². The largest absolute Gasteiger partial charge is 0.475 e. The minimum absolute atomic E-state index is 0.0266. The molecule has 3 heterocycles. The van der Waals surface area contributed by atoms with Gasteiger partial charge in [0.1, 0.15) is 5.58 Å². The van der Waals surface area contributed by atoms with Crippen molar-refractivity contribution in [2.45, 2.75) is 43.8 Å². The Bertz CT molecular complexity index is 745. The Kier molecular flexibility index (Phi) is 4.08. The smallest absolute Gasteiger partial charge is 0.464 e. The van der Waals surface area contributed by atoms with Gasteiger partial charge in [0, 0.05) is 5.39 Å². The Hall–Kier alpha value is -1.83. The van der Waals surface area contributed by atoms with Crippen LogP contribution in [0.2, 0.25) is 0 Å². The van der Waals surface area contributed by atoms with Crippen LogP contribution >= 0.6 is 0 Å². The van der Waals surface area contributed by atoms with Crippen molar-refractivity contribution in [3.63, 3.8) is 0 Å². The molecule has 2 aromatic rings. The van der Waals surface area contributed by atoms with Crippen LogP contribution in [0.3, 0.4) is 0 Å². The number of hydrogen-bond acceptors (Lipinski definition) is 5. The van der Waals surface area contributed by atoms with Gasteiger partial charge in [-0.15, -0.1) is 0 Å². The predicted octanol–water partition coefficient (Wildman–Crippen LogP) is 1.04. The van der Waals surface area contributed by atoms with Crippen molar-refractivity contribution in [3.8, 4) is 0 Å². The van der Waals surface area contributed by atoms with Crippen molar-refractivity contribution in [3.05, 3.63) is 36.1 Å². The molecule has 0 aliphatic carbocycles. The van der Waals surface area contributed by atoms with E-state index >= 15 is 0 Å². The van der Waals surface area contributed by atoms with Crippen LogP contribution in [-0.4, -0.2) is 41.2 Å². The van der Waals surface area contributed by atoms with E-state index in [1.54, 1.807) is 6.26 Å². The van der Waals surface area contributed by atoms with Crippen molar-refractivity contribution in [2.24, 2.45) is 5.92 Å². The molecular weight excluding hydrogens is 309 g/mol. The van der Waals surface area contributed by atoms with E-state index in [9.17, 15) is 14.8 Å². The van der Waals surface area contributed by atoms with Crippen LogP contribution in [0, 0.1) is 5.92 Å². The summed E-state index contributed by atoms with van der Waals surface area (Å²) in [6.45, 7) is 0. The van der Waals surface area contributed by atoms with Gasteiger partial charge in [0.15, 0.2) is 0 Å². The number of para-hydroxylation sites is 1. The highest BCUT2D eigenvalue weighted by molar-refractivity contribution is 6.43. The topological polar surface area (TPSA) is 91.9 Å². The van der Waals surface area contributed by atoms with Crippen molar-refractivity contribution < 1.29 is 24.0 Å². The second kappa shape index (κ2) is 6.24. The number of rotatable bonds is 5. The molecule has 2 aliphatic rings. The second-order valence-electron chi connectivity index (χ2n) is 6.71. The lowest BCUT2D eigenvalue weighted by molar-refractivity contribution is -0.126. The van der Waals surface area contributed by atoms with Crippen molar-refractivity contribution >= 4 is 24.0 Å². The number of carbonyl (C=O) groups excluding carboxylic acids is 1. The van der Waals surface area contributed by atoms with Gasteiger partial charge in [-0.3, -0.25) is 4.79 Å². The molecule has 2 aliphatic heterocycles. The molecule has 24 heavy (non-hydrogen) atoms. The number of benzene rings is 1. The summed E-state index contributed by atoms with van der Waals surface area (Å²) in [6.07, 6.45) is 4.69. The van der Waals surface area contributed by atoms with Gasteiger partial charge in [-0.2, -0.15) is 0 Å². The molecule has 4 rings (SSSR count). The Morgan fingerprint density at radius 2 is 2.17 bits per heavy atom. The zero-order chi connectivity index (χ0) is 16.7. The number of furan rings is 1. The number of fused-ring (bicyclic) bond motifs is 3. The molecule has 4 atom stereocenters. The van der Waals surface area contributed by atoms with Gasteiger partial charge < -0.3 is 24.5 Å². The molecule has 1 aromatic heterocycles. The van der Waals surface area contributed by atoms with Crippen molar-refractivity contribution in [1.82, 2.24) is 5.32 Å². The predicted molar refractivity (Wildman–Crippen MR) is 88.0 cm³/mol. The van der Waals surface area contributed by atoms with Crippen molar-refractivity contribution in [1.29, 1.82) is 0 Å². The summed E-state index contributed by atoms with van der Waals surface area (Å²) >= 11 is 0. The number of amides is 1. The zero-order valence-corrected chi connectivity index (χ0v) is 13.2. The first-order valence-electron chi connectivity index (χ1n) is 8.39. The number of carbonyl (C=O) groups is 1. The van der Waals surface area contributed by atoms with E-state index in [4.69, 9.17) is 9.15 Å². The molecule has 7 heteroatoms. The molecule has 1 aromatic carbocycles. The minimum Gasteiger partial charge on any atom is -0.464 e. The van der Waals surface area contributed by atoms with Crippen LogP contribution in [0.1, 0.15) is 24.8 Å². The first kappa shape index (κ1) is 15.7. The van der Waals surface area contributed by atoms with Gasteiger partial charge in [-0.05, 0) is 37.3 Å². The summed E-state index contributed by atoms with van der Waals surface area (Å²) in [5.41, 5.74) is 1.58. The Morgan fingerprint density at radius 1 is 1.33 bits per heavy atom. The third-order valence-electron chi connectivity index (χ3n) is 5.13. The Balaban J connectivity index is 1.47. The summed E-state index contributed by atoms with van der Waals surface area (Å²) in [5.74, 6) is -1.13. The summed E-state index contributed by atoms with van der Waals surface area (Å²) in [4.78, 5) is 12.5. The van der Waals surface area contributed by atoms with E-state index < -0.39 is 13.1 Å². The lowest BCUT2D eigenvalue weighted by atomic mass is 9.75. The van der Waals surface area contributed by atoms with Crippen LogP contribution in [0.25, 0.3) is 11.0 Å². The minimum atomic E-state index is -1.64. The quantitative estimate of drug-likeness (QED) is 0.713. The van der Waals surface area contributed by atoms with E-state index in [1.165, 1.54) is 0 Å². The van der Waals surface area contributed by atoms with Crippen LogP contribution in [0.4, 0.5) is 0 Å². The molecular formula is C17H20BNO5. The number of ether oxygens (including phenoxy) is 1. The SMILES string of the molecule is O=C(N[C@H](Cc1coc2ccccc12)B(O)O)[C@H]1C[C@@H]2CC[C@H]1O2. The number of hydrogen-bond donors (Lipinski definition) is 3. The lowest BCUT2D eigenvalue weighted by Crippen LogP contribution is -2.50. The molecule has 6 nitrogen and oxygen atoms in total. The van der Waals surface area contributed by atoms with E-state index in [0.717, 1.165) is 35.8 Å². The standard InChI is InChI=1S/C17H20BNO5/c20-17(13-8-11-5-6-15(13)24-11)19-16(18(21)22)7-10-9-23-14-4-2-1-3-12(10)14/h1-4,9,11,13,15-16,21-22H,5-8H2,(H,19,20)/t11-,13-,15+,16+/m0/s1. The highest BCUT2D eigenvalue weighted by Crippen LogP contribution is 2.38. The molecule has 0 unspecified atom stereocenters. The molecule has 2 bridgehead atoms. The number of nitrogens with one attached hydrogen (secondary N) is 1. The van der Waals surface area contributed by atoms with E-state index in [-0.39, 0.29) is 24.0 Å². The molecule has 126 valence electrons. The Morgan fingerprint density at radius 3 is 2.88 bits per heavy atom. The summed E-state index contributed by atoms with van der Waals surface area (Å²) in [6, 6.07) is 7.55. The molecule has 0 spiro atoms. The molecule has 1 amide bonds.